The first-order valence-electron chi connectivity index (χ1n) is 9.94. The van der Waals surface area contributed by atoms with Gasteiger partial charge in [0.25, 0.3) is 0 Å². The van der Waals surface area contributed by atoms with E-state index in [1.807, 2.05) is 0 Å². The fourth-order valence-corrected chi connectivity index (χ4v) is 7.35. The lowest BCUT2D eigenvalue weighted by Gasteiger charge is -2.58. The number of rotatable bonds is 1. The number of carbonyl (C=O) groups excluding carboxylic acids is 1. The molecule has 3 fully saturated rings. The lowest BCUT2D eigenvalue weighted by Crippen LogP contribution is -2.50. The van der Waals surface area contributed by atoms with Crippen LogP contribution < -0.4 is 0 Å². The molecule has 0 radical (unpaired) electrons. The Kier molecular flexibility index (Phi) is 3.63. The molecule has 4 rings (SSSR count). The van der Waals surface area contributed by atoms with Crippen LogP contribution >= 0.6 is 0 Å². The largest absolute Gasteiger partial charge is 0.295 e. The first-order valence-corrected chi connectivity index (χ1v) is 9.94. The lowest BCUT2D eigenvalue weighted by molar-refractivity contribution is -0.117. The van der Waals surface area contributed by atoms with Gasteiger partial charge < -0.3 is 0 Å². The van der Waals surface area contributed by atoms with Gasteiger partial charge in [0.15, 0.2) is 5.78 Å². The monoisotopic (exact) mass is 312 g/mol. The van der Waals surface area contributed by atoms with E-state index < -0.39 is 0 Å². The second-order valence-electron chi connectivity index (χ2n) is 8.87. The summed E-state index contributed by atoms with van der Waals surface area (Å²) in [5, 5.41) is 0. The highest BCUT2D eigenvalue weighted by molar-refractivity contribution is 5.91. The highest BCUT2D eigenvalue weighted by Gasteiger charge is 2.58. The van der Waals surface area contributed by atoms with E-state index in [4.69, 9.17) is 0 Å². The molecule has 4 aliphatic rings. The summed E-state index contributed by atoms with van der Waals surface area (Å²) >= 11 is 0. The van der Waals surface area contributed by atoms with Crippen molar-refractivity contribution in [1.29, 1.82) is 0 Å². The van der Waals surface area contributed by atoms with Gasteiger partial charge in [0.05, 0.1) is 0 Å². The highest BCUT2D eigenvalue weighted by atomic mass is 16.1. The maximum Gasteiger partial charge on any atom is 0.155 e. The van der Waals surface area contributed by atoms with Gasteiger partial charge in [0.1, 0.15) is 0 Å². The van der Waals surface area contributed by atoms with Crippen LogP contribution in [0.4, 0.5) is 0 Å². The van der Waals surface area contributed by atoms with Gasteiger partial charge in [0, 0.05) is 6.42 Å². The molecule has 0 bridgehead atoms. The van der Waals surface area contributed by atoms with Crippen molar-refractivity contribution < 1.29 is 4.79 Å². The molecule has 0 heterocycles. The van der Waals surface area contributed by atoms with Gasteiger partial charge in [0.2, 0.25) is 0 Å². The minimum absolute atomic E-state index is 0.372. The third-order valence-electron chi connectivity index (χ3n) is 8.51. The van der Waals surface area contributed by atoms with Crippen molar-refractivity contribution in [2.45, 2.75) is 78.6 Å². The van der Waals surface area contributed by atoms with Gasteiger partial charge in [-0.3, -0.25) is 4.79 Å². The van der Waals surface area contributed by atoms with Crippen molar-refractivity contribution in [3.8, 4) is 0 Å². The molecule has 3 saturated carbocycles. The quantitative estimate of drug-likeness (QED) is 0.555. The Morgan fingerprint density at radius 1 is 1.13 bits per heavy atom. The minimum atomic E-state index is 0.372. The molecule has 126 valence electrons. The molecule has 0 aromatic heterocycles. The molecule has 0 aromatic rings. The fraction of sp³-hybridized carbons (Fsp3) is 0.773. The Morgan fingerprint density at radius 3 is 2.70 bits per heavy atom. The Bertz CT molecular complexity index is 583. The van der Waals surface area contributed by atoms with Crippen LogP contribution in [0.5, 0.6) is 0 Å². The zero-order valence-electron chi connectivity index (χ0n) is 15.2. The lowest BCUT2D eigenvalue weighted by atomic mass is 9.46. The molecule has 0 amide bonds. The summed E-state index contributed by atoms with van der Waals surface area (Å²) in [7, 11) is 0. The fourth-order valence-electron chi connectivity index (χ4n) is 7.35. The number of allylic oxidation sites excluding steroid dienone is 3. The molecule has 0 aliphatic heterocycles. The number of fused-ring (bicyclic) bond motifs is 5. The maximum absolute atomic E-state index is 12.0. The van der Waals surface area contributed by atoms with Crippen LogP contribution in [0.1, 0.15) is 78.6 Å². The summed E-state index contributed by atoms with van der Waals surface area (Å²) in [6.45, 7) is 7.19. The summed E-state index contributed by atoms with van der Waals surface area (Å²) in [4.78, 5) is 12.0. The Hall–Kier alpha value is -0.850. The topological polar surface area (TPSA) is 17.1 Å². The second kappa shape index (κ2) is 5.33. The van der Waals surface area contributed by atoms with E-state index in [9.17, 15) is 4.79 Å². The third kappa shape index (κ3) is 2.01. The first kappa shape index (κ1) is 15.7. The van der Waals surface area contributed by atoms with E-state index in [0.717, 1.165) is 30.6 Å². The van der Waals surface area contributed by atoms with Gasteiger partial charge in [-0.15, -0.1) is 0 Å². The molecule has 0 aromatic carbocycles. The average Bonchev–Trinajstić information content (AvgIpc) is 2.90. The summed E-state index contributed by atoms with van der Waals surface area (Å²) in [5.41, 5.74) is 4.13. The Labute approximate surface area is 141 Å². The van der Waals surface area contributed by atoms with Crippen LogP contribution in [-0.4, -0.2) is 5.78 Å². The van der Waals surface area contributed by atoms with Crippen LogP contribution in [0.25, 0.3) is 0 Å². The van der Waals surface area contributed by atoms with Crippen molar-refractivity contribution in [3.63, 3.8) is 0 Å². The summed E-state index contributed by atoms with van der Waals surface area (Å²) < 4.78 is 0. The highest BCUT2D eigenvalue weighted by Crippen LogP contribution is 2.67. The maximum atomic E-state index is 12.0. The van der Waals surface area contributed by atoms with Crippen molar-refractivity contribution in [2.24, 2.45) is 28.6 Å². The molecule has 0 N–H and O–H groups in total. The smallest absolute Gasteiger partial charge is 0.155 e. The van der Waals surface area contributed by atoms with Crippen molar-refractivity contribution in [1.82, 2.24) is 0 Å². The molecule has 4 aliphatic carbocycles. The molecule has 0 spiro atoms. The zero-order chi connectivity index (χ0) is 16.2. The normalized spacial score (nSPS) is 47.8. The second-order valence-corrected chi connectivity index (χ2v) is 8.87. The van der Waals surface area contributed by atoms with Crippen molar-refractivity contribution in [3.05, 3.63) is 23.3 Å². The zero-order valence-corrected chi connectivity index (χ0v) is 15.2. The third-order valence-corrected chi connectivity index (χ3v) is 8.51. The summed E-state index contributed by atoms with van der Waals surface area (Å²) in [5.74, 6) is 3.03. The van der Waals surface area contributed by atoms with Gasteiger partial charge in [-0.25, -0.2) is 0 Å². The molecule has 5 atom stereocenters. The van der Waals surface area contributed by atoms with Crippen LogP contribution in [0.3, 0.4) is 0 Å². The van der Waals surface area contributed by atoms with E-state index >= 15 is 0 Å². The SMILES string of the molecule is C/C=C1/CCC2C3CCC4=CC(=O)CCC4(CC)C3CCC12C. The molecule has 5 unspecified atom stereocenters. The van der Waals surface area contributed by atoms with Gasteiger partial charge in [-0.05, 0) is 93.0 Å². The Balaban J connectivity index is 1.72. The van der Waals surface area contributed by atoms with Crippen LogP contribution in [0.2, 0.25) is 0 Å². The minimum Gasteiger partial charge on any atom is -0.295 e. The standard InChI is InChI=1S/C22H32O/c1-4-15-7-9-19-18-8-6-16-14-17(23)10-13-22(16,5-2)20(18)11-12-21(15,19)3/h4,14,18-20H,5-13H2,1-3H3/b15-4-. The van der Waals surface area contributed by atoms with Crippen molar-refractivity contribution >= 4 is 5.78 Å². The molecule has 23 heavy (non-hydrogen) atoms. The summed E-state index contributed by atoms with van der Waals surface area (Å²) in [6, 6.07) is 0. The van der Waals surface area contributed by atoms with Crippen LogP contribution in [0, 0.1) is 28.6 Å². The molecule has 0 saturated heterocycles. The van der Waals surface area contributed by atoms with Gasteiger partial charge >= 0.3 is 0 Å². The predicted octanol–water partition coefficient (Wildman–Crippen LogP) is 5.85. The molecule has 1 nitrogen and oxygen atoms in total. The van der Waals surface area contributed by atoms with E-state index in [0.29, 0.717) is 16.6 Å². The average molecular weight is 312 g/mol. The van der Waals surface area contributed by atoms with Crippen LogP contribution in [0.15, 0.2) is 23.3 Å². The number of hydrogen-bond donors (Lipinski definition) is 0. The van der Waals surface area contributed by atoms with Crippen molar-refractivity contribution in [2.75, 3.05) is 0 Å². The number of carbonyl (C=O) groups is 1. The predicted molar refractivity (Wildman–Crippen MR) is 95.1 cm³/mol. The molecular weight excluding hydrogens is 280 g/mol. The molecular formula is C22H32O. The summed E-state index contributed by atoms with van der Waals surface area (Å²) in [6.07, 6.45) is 15.7. The molecule has 1 heteroatoms. The Morgan fingerprint density at radius 2 is 1.96 bits per heavy atom. The van der Waals surface area contributed by atoms with E-state index in [2.05, 4.69) is 32.9 Å². The number of ketones is 1. The van der Waals surface area contributed by atoms with Crippen LogP contribution in [-0.2, 0) is 4.79 Å². The first-order chi connectivity index (χ1) is 11.0. The van der Waals surface area contributed by atoms with Gasteiger partial charge in [-0.2, -0.15) is 0 Å². The van der Waals surface area contributed by atoms with Gasteiger partial charge in [-0.1, -0.05) is 31.1 Å². The van der Waals surface area contributed by atoms with E-state index in [-0.39, 0.29) is 0 Å². The van der Waals surface area contributed by atoms with E-state index in [1.165, 1.54) is 50.5 Å². The van der Waals surface area contributed by atoms with E-state index in [1.54, 1.807) is 5.57 Å². The number of hydrogen-bond acceptors (Lipinski definition) is 1.